The molecule has 0 bridgehead atoms. The molecule has 1 amide bonds. The van der Waals surface area contributed by atoms with Crippen LogP contribution >= 0.6 is 0 Å². The number of carbonyl (C=O) groups excluding carboxylic acids is 2. The second-order valence-corrected chi connectivity index (χ2v) is 4.40. The van der Waals surface area contributed by atoms with Crippen LogP contribution in [0.3, 0.4) is 0 Å². The van der Waals surface area contributed by atoms with Gasteiger partial charge in [0.25, 0.3) is 0 Å². The van der Waals surface area contributed by atoms with Crippen LogP contribution in [-0.4, -0.2) is 41.8 Å². The van der Waals surface area contributed by atoms with Gasteiger partial charge in [0.1, 0.15) is 5.60 Å². The largest absolute Gasteiger partial charge is 0.464 e. The smallest absolute Gasteiger partial charge is 0.411 e. The molecule has 15 heavy (non-hydrogen) atoms. The molecule has 86 valence electrons. The van der Waals surface area contributed by atoms with Crippen molar-refractivity contribution >= 4 is 12.1 Å². The summed E-state index contributed by atoms with van der Waals surface area (Å²) in [6, 6.07) is -0.445. The van der Waals surface area contributed by atoms with Crippen LogP contribution in [0.4, 0.5) is 4.79 Å². The average Bonchev–Trinajstić information content (AvgIpc) is 2.79. The lowest BCUT2D eigenvalue weighted by Gasteiger charge is -2.19. The fourth-order valence-electron chi connectivity index (χ4n) is 1.10. The van der Waals surface area contributed by atoms with Crippen molar-refractivity contribution in [3.8, 4) is 0 Å². The standard InChI is InChI=1S/C10H17NO4/c1-5-14-8(12)7-6-11(7)9(13)15-10(2,3)4/h7H,5-6H2,1-4H3. The molecule has 0 spiro atoms. The van der Waals surface area contributed by atoms with Crippen molar-refractivity contribution in [3.05, 3.63) is 0 Å². The zero-order chi connectivity index (χ0) is 11.6. The second-order valence-electron chi connectivity index (χ2n) is 4.40. The van der Waals surface area contributed by atoms with E-state index in [-0.39, 0.29) is 5.97 Å². The highest BCUT2D eigenvalue weighted by Gasteiger charge is 2.47. The van der Waals surface area contributed by atoms with Crippen molar-refractivity contribution in [1.82, 2.24) is 4.90 Å². The average molecular weight is 215 g/mol. The maximum Gasteiger partial charge on any atom is 0.411 e. The Morgan fingerprint density at radius 1 is 1.40 bits per heavy atom. The third-order valence-corrected chi connectivity index (χ3v) is 1.80. The summed E-state index contributed by atoms with van der Waals surface area (Å²) in [6.45, 7) is 7.82. The predicted molar refractivity (Wildman–Crippen MR) is 53.4 cm³/mol. The van der Waals surface area contributed by atoms with Gasteiger partial charge in [0.2, 0.25) is 0 Å². The quantitative estimate of drug-likeness (QED) is 0.512. The molecule has 1 aliphatic rings. The van der Waals surface area contributed by atoms with Crippen molar-refractivity contribution in [1.29, 1.82) is 0 Å². The maximum atomic E-state index is 11.4. The molecule has 0 aliphatic carbocycles. The molecule has 0 saturated carbocycles. The van der Waals surface area contributed by atoms with Gasteiger partial charge in [0.05, 0.1) is 13.2 Å². The summed E-state index contributed by atoms with van der Waals surface area (Å²) in [5.74, 6) is -0.358. The van der Waals surface area contributed by atoms with Crippen molar-refractivity contribution in [2.45, 2.75) is 39.3 Å². The number of nitrogens with zero attached hydrogens (tertiary/aromatic N) is 1. The van der Waals surface area contributed by atoms with Gasteiger partial charge in [-0.05, 0) is 27.7 Å². The van der Waals surface area contributed by atoms with Crippen LogP contribution in [0.5, 0.6) is 0 Å². The van der Waals surface area contributed by atoms with Gasteiger partial charge >= 0.3 is 12.1 Å². The topological polar surface area (TPSA) is 55.6 Å². The highest BCUT2D eigenvalue weighted by molar-refractivity contribution is 5.86. The number of hydrogen-bond donors (Lipinski definition) is 0. The summed E-state index contributed by atoms with van der Waals surface area (Å²) in [5.41, 5.74) is -0.529. The molecule has 1 atom stereocenters. The zero-order valence-corrected chi connectivity index (χ0v) is 9.57. The third kappa shape index (κ3) is 3.42. The van der Waals surface area contributed by atoms with Gasteiger partial charge in [-0.3, -0.25) is 4.90 Å². The van der Waals surface area contributed by atoms with Gasteiger partial charge in [-0.25, -0.2) is 9.59 Å². The van der Waals surface area contributed by atoms with Crippen LogP contribution in [0, 0.1) is 0 Å². The van der Waals surface area contributed by atoms with Crippen LogP contribution in [0.25, 0.3) is 0 Å². The summed E-state index contributed by atoms with van der Waals surface area (Å²) >= 11 is 0. The number of amides is 1. The summed E-state index contributed by atoms with van der Waals surface area (Å²) in [5, 5.41) is 0. The molecule has 0 aromatic carbocycles. The molecule has 5 heteroatoms. The molecule has 0 aromatic rings. The minimum atomic E-state index is -0.529. The fourth-order valence-corrected chi connectivity index (χ4v) is 1.10. The third-order valence-electron chi connectivity index (χ3n) is 1.80. The van der Waals surface area contributed by atoms with Crippen LogP contribution in [0.1, 0.15) is 27.7 Å². The Labute approximate surface area is 89.3 Å². The molecular weight excluding hydrogens is 198 g/mol. The van der Waals surface area contributed by atoms with Crippen LogP contribution in [0.15, 0.2) is 0 Å². The number of esters is 1. The van der Waals surface area contributed by atoms with Gasteiger partial charge in [-0.2, -0.15) is 0 Å². The molecule has 1 unspecified atom stereocenters. The van der Waals surface area contributed by atoms with Crippen molar-refractivity contribution in [3.63, 3.8) is 0 Å². The van der Waals surface area contributed by atoms with E-state index in [4.69, 9.17) is 9.47 Å². The Kier molecular flexibility index (Phi) is 3.21. The van der Waals surface area contributed by atoms with E-state index in [0.29, 0.717) is 13.2 Å². The molecule has 1 fully saturated rings. The SMILES string of the molecule is CCOC(=O)C1CN1C(=O)OC(C)(C)C. The van der Waals surface area contributed by atoms with E-state index in [2.05, 4.69) is 0 Å². The van der Waals surface area contributed by atoms with E-state index in [1.165, 1.54) is 4.90 Å². The molecule has 0 radical (unpaired) electrons. The number of ether oxygens (including phenoxy) is 2. The zero-order valence-electron chi connectivity index (χ0n) is 9.57. The van der Waals surface area contributed by atoms with E-state index in [9.17, 15) is 9.59 Å². The Balaban J connectivity index is 2.37. The second kappa shape index (κ2) is 4.08. The molecular formula is C10H17NO4. The van der Waals surface area contributed by atoms with E-state index in [1.54, 1.807) is 27.7 Å². The van der Waals surface area contributed by atoms with E-state index >= 15 is 0 Å². The first-order valence-corrected chi connectivity index (χ1v) is 5.01. The Morgan fingerprint density at radius 3 is 2.47 bits per heavy atom. The normalized spacial score (nSPS) is 19.7. The lowest BCUT2D eigenvalue weighted by Crippen LogP contribution is -2.29. The number of carbonyl (C=O) groups is 2. The Hall–Kier alpha value is -1.26. The highest BCUT2D eigenvalue weighted by atomic mass is 16.6. The number of rotatable bonds is 2. The molecule has 1 saturated heterocycles. The van der Waals surface area contributed by atoms with Crippen molar-refractivity contribution < 1.29 is 19.1 Å². The van der Waals surface area contributed by atoms with Crippen LogP contribution in [0.2, 0.25) is 0 Å². The lowest BCUT2D eigenvalue weighted by atomic mass is 10.2. The molecule has 1 heterocycles. The first-order valence-electron chi connectivity index (χ1n) is 5.01. The molecule has 0 N–H and O–H groups in total. The van der Waals surface area contributed by atoms with Crippen molar-refractivity contribution in [2.24, 2.45) is 0 Å². The van der Waals surface area contributed by atoms with Gasteiger partial charge in [-0.1, -0.05) is 0 Å². The minimum Gasteiger partial charge on any atom is -0.464 e. The van der Waals surface area contributed by atoms with Crippen LogP contribution < -0.4 is 0 Å². The first-order chi connectivity index (χ1) is 6.85. The number of hydrogen-bond acceptors (Lipinski definition) is 4. The lowest BCUT2D eigenvalue weighted by molar-refractivity contribution is -0.143. The van der Waals surface area contributed by atoms with Gasteiger partial charge in [0.15, 0.2) is 6.04 Å². The molecule has 1 aliphatic heterocycles. The molecule has 0 aromatic heterocycles. The predicted octanol–water partition coefficient (Wildman–Crippen LogP) is 1.17. The van der Waals surface area contributed by atoms with Gasteiger partial charge in [0, 0.05) is 0 Å². The summed E-state index contributed by atoms with van der Waals surface area (Å²) < 4.78 is 9.89. The summed E-state index contributed by atoms with van der Waals surface area (Å²) in [6.07, 6.45) is -0.458. The van der Waals surface area contributed by atoms with E-state index in [0.717, 1.165) is 0 Å². The fraction of sp³-hybridized carbons (Fsp3) is 0.800. The molecule has 1 rings (SSSR count). The maximum absolute atomic E-state index is 11.4. The van der Waals surface area contributed by atoms with E-state index < -0.39 is 17.7 Å². The summed E-state index contributed by atoms with van der Waals surface area (Å²) in [4.78, 5) is 24.0. The van der Waals surface area contributed by atoms with Gasteiger partial charge < -0.3 is 9.47 Å². The Morgan fingerprint density at radius 2 is 2.00 bits per heavy atom. The first kappa shape index (κ1) is 11.8. The Bertz CT molecular complexity index is 269. The van der Waals surface area contributed by atoms with Crippen LogP contribution in [-0.2, 0) is 14.3 Å². The monoisotopic (exact) mass is 215 g/mol. The summed E-state index contributed by atoms with van der Waals surface area (Å²) in [7, 11) is 0. The van der Waals surface area contributed by atoms with E-state index in [1.807, 2.05) is 0 Å². The highest BCUT2D eigenvalue weighted by Crippen LogP contribution is 2.22. The molecule has 5 nitrogen and oxygen atoms in total. The van der Waals surface area contributed by atoms with Gasteiger partial charge in [-0.15, -0.1) is 0 Å². The van der Waals surface area contributed by atoms with Crippen molar-refractivity contribution in [2.75, 3.05) is 13.2 Å². The minimum absolute atomic E-state index is 0.331.